The summed E-state index contributed by atoms with van der Waals surface area (Å²) in [6.07, 6.45) is 0.0358. The van der Waals surface area contributed by atoms with E-state index in [1.165, 1.54) is 0 Å². The maximum absolute atomic E-state index is 6.14. The fraction of sp³-hybridized carbons (Fsp3) is 0.333. The van der Waals surface area contributed by atoms with Crippen molar-refractivity contribution >= 4 is 19.6 Å². The molecule has 0 spiro atoms. The zero-order chi connectivity index (χ0) is 18.4. The lowest BCUT2D eigenvalue weighted by Crippen LogP contribution is -2.58. The SMILES string of the molecule is C=C(c1ccccc1)c1ccc([Si](OC)(OC(C)C)OC(C)C)cc1. The van der Waals surface area contributed by atoms with Gasteiger partial charge in [0, 0.05) is 24.5 Å². The van der Waals surface area contributed by atoms with Crippen LogP contribution in [0.2, 0.25) is 0 Å². The fourth-order valence-corrected chi connectivity index (χ4v) is 5.25. The predicted molar refractivity (Wildman–Crippen MR) is 106 cm³/mol. The molecule has 2 aromatic rings. The molecule has 0 radical (unpaired) electrons. The van der Waals surface area contributed by atoms with Crippen molar-refractivity contribution in [2.45, 2.75) is 39.9 Å². The van der Waals surface area contributed by atoms with Crippen LogP contribution in [-0.2, 0) is 13.3 Å². The monoisotopic (exact) mass is 356 g/mol. The van der Waals surface area contributed by atoms with E-state index in [1.807, 2.05) is 58.0 Å². The Hall–Kier alpha value is -1.72. The lowest BCUT2D eigenvalue weighted by Gasteiger charge is -2.32. The number of rotatable bonds is 8. The highest BCUT2D eigenvalue weighted by Gasteiger charge is 2.44. The summed E-state index contributed by atoms with van der Waals surface area (Å²) in [6.45, 7) is 12.2. The molecule has 0 atom stereocenters. The van der Waals surface area contributed by atoms with E-state index in [0.29, 0.717) is 0 Å². The highest BCUT2D eigenvalue weighted by atomic mass is 28.4. The van der Waals surface area contributed by atoms with Gasteiger partial charge in [-0.1, -0.05) is 61.2 Å². The van der Waals surface area contributed by atoms with Crippen molar-refractivity contribution in [3.05, 3.63) is 72.3 Å². The van der Waals surface area contributed by atoms with Crippen LogP contribution in [-0.4, -0.2) is 28.1 Å². The number of hydrogen-bond acceptors (Lipinski definition) is 3. The van der Waals surface area contributed by atoms with Crippen LogP contribution in [0.3, 0.4) is 0 Å². The lowest BCUT2D eigenvalue weighted by atomic mass is 10.00. The zero-order valence-corrected chi connectivity index (χ0v) is 16.8. The van der Waals surface area contributed by atoms with Crippen molar-refractivity contribution in [1.82, 2.24) is 0 Å². The van der Waals surface area contributed by atoms with E-state index in [-0.39, 0.29) is 12.2 Å². The summed E-state index contributed by atoms with van der Waals surface area (Å²) < 4.78 is 18.1. The summed E-state index contributed by atoms with van der Waals surface area (Å²) in [5.41, 5.74) is 3.18. The minimum atomic E-state index is -2.94. The quantitative estimate of drug-likeness (QED) is 0.657. The normalized spacial score (nSPS) is 12.0. The molecule has 0 aliphatic heterocycles. The molecule has 0 aromatic heterocycles. The summed E-state index contributed by atoms with van der Waals surface area (Å²) in [5, 5.41) is 0.960. The predicted octanol–water partition coefficient (Wildman–Crippen LogP) is 4.39. The van der Waals surface area contributed by atoms with Crippen molar-refractivity contribution in [2.24, 2.45) is 0 Å². The molecule has 0 aliphatic carbocycles. The first-order valence-corrected chi connectivity index (χ1v) is 10.4. The molecule has 4 heteroatoms. The van der Waals surface area contributed by atoms with Gasteiger partial charge in [0.15, 0.2) is 0 Å². The van der Waals surface area contributed by atoms with Crippen molar-refractivity contribution in [3.63, 3.8) is 0 Å². The Morgan fingerprint density at radius 2 is 1.28 bits per heavy atom. The first kappa shape index (κ1) is 19.6. The minimum absolute atomic E-state index is 0.0179. The maximum atomic E-state index is 6.14. The van der Waals surface area contributed by atoms with Gasteiger partial charge in [0.1, 0.15) is 0 Å². The molecular weight excluding hydrogens is 328 g/mol. The van der Waals surface area contributed by atoms with Crippen molar-refractivity contribution in [3.8, 4) is 0 Å². The van der Waals surface area contributed by atoms with Crippen LogP contribution in [0.4, 0.5) is 0 Å². The average Bonchev–Trinajstić information content (AvgIpc) is 2.60. The third-order valence-electron chi connectivity index (χ3n) is 3.76. The summed E-state index contributed by atoms with van der Waals surface area (Å²) in [7, 11) is -1.28. The van der Waals surface area contributed by atoms with E-state index in [1.54, 1.807) is 7.11 Å². The van der Waals surface area contributed by atoms with Gasteiger partial charge >= 0.3 is 8.80 Å². The molecule has 134 valence electrons. The Kier molecular flexibility index (Phi) is 6.73. The van der Waals surface area contributed by atoms with Gasteiger partial charge in [-0.3, -0.25) is 0 Å². The van der Waals surface area contributed by atoms with Crippen LogP contribution in [0, 0.1) is 0 Å². The molecule has 0 saturated carbocycles. The Balaban J connectivity index is 2.33. The second-order valence-electron chi connectivity index (χ2n) is 6.52. The first-order chi connectivity index (χ1) is 11.9. The minimum Gasteiger partial charge on any atom is -0.373 e. The molecule has 0 N–H and O–H groups in total. The van der Waals surface area contributed by atoms with Crippen LogP contribution in [0.1, 0.15) is 38.8 Å². The van der Waals surface area contributed by atoms with Crippen LogP contribution in [0.25, 0.3) is 5.57 Å². The lowest BCUT2D eigenvalue weighted by molar-refractivity contribution is 0.0456. The van der Waals surface area contributed by atoms with Crippen molar-refractivity contribution < 1.29 is 13.3 Å². The molecule has 0 saturated heterocycles. The smallest absolute Gasteiger partial charge is 0.373 e. The molecule has 0 bridgehead atoms. The van der Waals surface area contributed by atoms with E-state index in [0.717, 1.165) is 21.9 Å². The van der Waals surface area contributed by atoms with E-state index in [4.69, 9.17) is 13.3 Å². The van der Waals surface area contributed by atoms with Crippen molar-refractivity contribution in [2.75, 3.05) is 7.11 Å². The molecule has 0 fully saturated rings. The van der Waals surface area contributed by atoms with Gasteiger partial charge in [-0.2, -0.15) is 0 Å². The van der Waals surface area contributed by atoms with Crippen molar-refractivity contribution in [1.29, 1.82) is 0 Å². The Morgan fingerprint density at radius 1 is 0.800 bits per heavy atom. The Bertz CT molecular complexity index is 668. The van der Waals surface area contributed by atoms with Crippen LogP contribution >= 0.6 is 0 Å². The van der Waals surface area contributed by atoms with Gasteiger partial charge < -0.3 is 13.3 Å². The second-order valence-corrected chi connectivity index (χ2v) is 9.08. The highest BCUT2D eigenvalue weighted by Crippen LogP contribution is 2.22. The van der Waals surface area contributed by atoms with Gasteiger partial charge in [0.05, 0.1) is 0 Å². The highest BCUT2D eigenvalue weighted by molar-refractivity contribution is 6.75. The van der Waals surface area contributed by atoms with Gasteiger partial charge in [0.2, 0.25) is 0 Å². The summed E-state index contributed by atoms with van der Waals surface area (Å²) in [4.78, 5) is 0. The van der Waals surface area contributed by atoms with Gasteiger partial charge in [-0.25, -0.2) is 0 Å². The molecular formula is C21H28O3Si. The second kappa shape index (κ2) is 8.58. The summed E-state index contributed by atoms with van der Waals surface area (Å²) >= 11 is 0. The molecule has 25 heavy (non-hydrogen) atoms. The van der Waals surface area contributed by atoms with E-state index < -0.39 is 8.80 Å². The van der Waals surface area contributed by atoms with E-state index >= 15 is 0 Å². The molecule has 2 aromatic carbocycles. The number of hydrogen-bond donors (Lipinski definition) is 0. The zero-order valence-electron chi connectivity index (χ0n) is 15.8. The average molecular weight is 357 g/mol. The largest absolute Gasteiger partial charge is 0.537 e. The topological polar surface area (TPSA) is 27.7 Å². The van der Waals surface area contributed by atoms with E-state index in [2.05, 4.69) is 30.8 Å². The van der Waals surface area contributed by atoms with Crippen LogP contribution in [0.15, 0.2) is 61.2 Å². The van der Waals surface area contributed by atoms with Gasteiger partial charge in [-0.05, 0) is 44.4 Å². The first-order valence-electron chi connectivity index (χ1n) is 8.64. The third kappa shape index (κ3) is 4.89. The van der Waals surface area contributed by atoms with Crippen LogP contribution in [0.5, 0.6) is 0 Å². The number of benzene rings is 2. The van der Waals surface area contributed by atoms with Gasteiger partial charge in [0.25, 0.3) is 0 Å². The van der Waals surface area contributed by atoms with Gasteiger partial charge in [-0.15, -0.1) is 0 Å². The maximum Gasteiger partial charge on any atom is 0.537 e. The van der Waals surface area contributed by atoms with Crippen LogP contribution < -0.4 is 5.19 Å². The molecule has 0 amide bonds. The summed E-state index contributed by atoms with van der Waals surface area (Å²) in [5.74, 6) is 0. The molecule has 0 heterocycles. The molecule has 2 rings (SSSR count). The molecule has 0 unspecified atom stereocenters. The summed E-state index contributed by atoms with van der Waals surface area (Å²) in [6, 6.07) is 18.3. The molecule has 3 nitrogen and oxygen atoms in total. The Labute approximate surface area is 152 Å². The Morgan fingerprint density at radius 3 is 1.72 bits per heavy atom. The molecule has 0 aliphatic rings. The van der Waals surface area contributed by atoms with E-state index in [9.17, 15) is 0 Å². The fourth-order valence-electron chi connectivity index (χ4n) is 2.68. The standard InChI is InChI=1S/C21H28O3Si/c1-16(2)23-25(22-6,24-17(3)4)21-14-12-20(13-15-21)18(5)19-10-8-7-9-11-19/h7-17H,5H2,1-4,6H3. The third-order valence-corrected chi connectivity index (χ3v) is 6.90.